The number of hydrogen-bond acceptors (Lipinski definition) is 1. The first-order valence-corrected chi connectivity index (χ1v) is 4.60. The van der Waals surface area contributed by atoms with Gasteiger partial charge in [-0.05, 0) is 31.1 Å². The summed E-state index contributed by atoms with van der Waals surface area (Å²) in [7, 11) is 0. The summed E-state index contributed by atoms with van der Waals surface area (Å²) in [6.07, 6.45) is 8.52. The Morgan fingerprint density at radius 1 is 0.900 bits per heavy atom. The molecule has 2 rings (SSSR count). The molecule has 0 unspecified atom stereocenters. The van der Waals surface area contributed by atoms with Crippen LogP contribution >= 0.6 is 0 Å². The van der Waals surface area contributed by atoms with Crippen molar-refractivity contribution in [2.24, 2.45) is 17.6 Å². The van der Waals surface area contributed by atoms with Crippen molar-refractivity contribution in [2.45, 2.75) is 44.6 Å². The van der Waals surface area contributed by atoms with Crippen LogP contribution in [0.15, 0.2) is 0 Å². The predicted octanol–water partition coefficient (Wildman–Crippen LogP) is 1.91. The van der Waals surface area contributed by atoms with E-state index in [4.69, 9.17) is 5.73 Å². The first kappa shape index (κ1) is 6.66. The molecule has 0 radical (unpaired) electrons. The molecule has 2 saturated carbocycles. The van der Waals surface area contributed by atoms with Crippen LogP contribution in [0, 0.1) is 11.8 Å². The Morgan fingerprint density at radius 3 is 2.10 bits per heavy atom. The van der Waals surface area contributed by atoms with Crippen LogP contribution in [0.25, 0.3) is 0 Å². The van der Waals surface area contributed by atoms with Gasteiger partial charge in [0.25, 0.3) is 0 Å². The van der Waals surface area contributed by atoms with E-state index in [0.717, 1.165) is 11.8 Å². The molecule has 10 heavy (non-hydrogen) atoms. The molecule has 0 aromatic carbocycles. The number of hydrogen-bond donors (Lipinski definition) is 1. The first-order chi connectivity index (χ1) is 4.84. The molecule has 2 fully saturated rings. The minimum absolute atomic E-state index is 0.545. The maximum atomic E-state index is 5.93. The molecule has 2 N–H and O–H groups in total. The van der Waals surface area contributed by atoms with E-state index in [0.29, 0.717) is 6.04 Å². The highest BCUT2D eigenvalue weighted by molar-refractivity contribution is 4.84. The number of rotatable bonds is 0. The van der Waals surface area contributed by atoms with Crippen LogP contribution in [0.3, 0.4) is 0 Å². The Hall–Kier alpha value is -0.0400. The molecular formula is C9H17N. The van der Waals surface area contributed by atoms with Crippen molar-refractivity contribution in [3.63, 3.8) is 0 Å². The van der Waals surface area contributed by atoms with Crippen LogP contribution in [0.1, 0.15) is 38.5 Å². The van der Waals surface area contributed by atoms with Gasteiger partial charge in [-0.25, -0.2) is 0 Å². The van der Waals surface area contributed by atoms with Gasteiger partial charge in [-0.1, -0.05) is 19.3 Å². The molecule has 1 heteroatoms. The lowest BCUT2D eigenvalue weighted by Crippen LogP contribution is -2.35. The maximum absolute atomic E-state index is 5.93. The third kappa shape index (κ3) is 1.20. The van der Waals surface area contributed by atoms with Gasteiger partial charge in [0.15, 0.2) is 0 Å². The molecule has 0 heterocycles. The fourth-order valence-electron chi connectivity index (χ4n) is 2.78. The predicted molar refractivity (Wildman–Crippen MR) is 42.7 cm³/mol. The third-order valence-corrected chi connectivity index (χ3v) is 3.16. The molecular weight excluding hydrogens is 122 g/mol. The summed E-state index contributed by atoms with van der Waals surface area (Å²) in [5, 5.41) is 0. The highest BCUT2D eigenvalue weighted by atomic mass is 14.6. The van der Waals surface area contributed by atoms with Gasteiger partial charge < -0.3 is 5.73 Å². The Balaban J connectivity index is 1.98. The van der Waals surface area contributed by atoms with Gasteiger partial charge in [0.2, 0.25) is 0 Å². The number of nitrogens with two attached hydrogens (primary N) is 1. The van der Waals surface area contributed by atoms with E-state index in [1.54, 1.807) is 0 Å². The van der Waals surface area contributed by atoms with E-state index in [9.17, 15) is 0 Å². The summed E-state index contributed by atoms with van der Waals surface area (Å²) in [6, 6.07) is 0.545. The van der Waals surface area contributed by atoms with Crippen molar-refractivity contribution >= 4 is 0 Å². The Labute approximate surface area is 63.0 Å². The van der Waals surface area contributed by atoms with Crippen LogP contribution in [-0.2, 0) is 0 Å². The monoisotopic (exact) mass is 139 g/mol. The number of fused-ring (bicyclic) bond motifs is 2. The smallest absolute Gasteiger partial charge is 0.00441 e. The third-order valence-electron chi connectivity index (χ3n) is 3.16. The van der Waals surface area contributed by atoms with Gasteiger partial charge in [-0.2, -0.15) is 0 Å². The zero-order chi connectivity index (χ0) is 6.97. The molecule has 1 nitrogen and oxygen atoms in total. The average Bonchev–Trinajstić information content (AvgIpc) is 1.85. The zero-order valence-corrected chi connectivity index (χ0v) is 6.55. The molecule has 58 valence electrons. The second kappa shape index (κ2) is 2.54. The maximum Gasteiger partial charge on any atom is 0.00441 e. The summed E-state index contributed by atoms with van der Waals surface area (Å²) >= 11 is 0. The molecule has 0 aromatic heterocycles. The van der Waals surface area contributed by atoms with Gasteiger partial charge in [0.1, 0.15) is 0 Å². The molecule has 2 bridgehead atoms. The Morgan fingerprint density at radius 2 is 1.50 bits per heavy atom. The minimum Gasteiger partial charge on any atom is -0.328 e. The Bertz CT molecular complexity index is 106. The van der Waals surface area contributed by atoms with Crippen molar-refractivity contribution in [1.29, 1.82) is 0 Å². The summed E-state index contributed by atoms with van der Waals surface area (Å²) in [5.41, 5.74) is 5.93. The fourth-order valence-corrected chi connectivity index (χ4v) is 2.78. The second-order valence-corrected chi connectivity index (χ2v) is 4.13. The first-order valence-electron chi connectivity index (χ1n) is 4.60. The van der Waals surface area contributed by atoms with Gasteiger partial charge in [-0.15, -0.1) is 0 Å². The highest BCUT2D eigenvalue weighted by Crippen LogP contribution is 2.38. The summed E-state index contributed by atoms with van der Waals surface area (Å²) in [5.74, 6) is 2.00. The van der Waals surface area contributed by atoms with Crippen molar-refractivity contribution < 1.29 is 0 Å². The minimum atomic E-state index is 0.545. The fraction of sp³-hybridized carbons (Fsp3) is 1.00. The van der Waals surface area contributed by atoms with E-state index in [1.807, 2.05) is 0 Å². The summed E-state index contributed by atoms with van der Waals surface area (Å²) in [4.78, 5) is 0. The molecule has 2 aliphatic carbocycles. The summed E-state index contributed by atoms with van der Waals surface area (Å²) < 4.78 is 0. The average molecular weight is 139 g/mol. The molecule has 0 spiro atoms. The van der Waals surface area contributed by atoms with E-state index < -0.39 is 0 Å². The van der Waals surface area contributed by atoms with E-state index in [-0.39, 0.29) is 0 Å². The molecule has 0 aliphatic heterocycles. The quantitative estimate of drug-likeness (QED) is 0.545. The van der Waals surface area contributed by atoms with Crippen molar-refractivity contribution in [2.75, 3.05) is 0 Å². The van der Waals surface area contributed by atoms with Crippen molar-refractivity contribution in [1.82, 2.24) is 0 Å². The zero-order valence-electron chi connectivity index (χ0n) is 6.55. The van der Waals surface area contributed by atoms with Gasteiger partial charge in [0, 0.05) is 6.04 Å². The van der Waals surface area contributed by atoms with Crippen molar-refractivity contribution in [3.8, 4) is 0 Å². The van der Waals surface area contributed by atoms with Crippen LogP contribution in [0.5, 0.6) is 0 Å². The van der Waals surface area contributed by atoms with Gasteiger partial charge >= 0.3 is 0 Å². The van der Waals surface area contributed by atoms with Crippen LogP contribution < -0.4 is 5.73 Å². The normalized spacial score (nSPS) is 47.1. The van der Waals surface area contributed by atoms with Crippen molar-refractivity contribution in [3.05, 3.63) is 0 Å². The summed E-state index contributed by atoms with van der Waals surface area (Å²) in [6.45, 7) is 0. The lowest BCUT2D eigenvalue weighted by molar-refractivity contribution is 0.171. The van der Waals surface area contributed by atoms with E-state index in [2.05, 4.69) is 0 Å². The molecule has 2 aliphatic rings. The van der Waals surface area contributed by atoms with Crippen LogP contribution in [-0.4, -0.2) is 6.04 Å². The van der Waals surface area contributed by atoms with Crippen LogP contribution in [0.2, 0.25) is 0 Å². The molecule has 0 amide bonds. The largest absolute Gasteiger partial charge is 0.328 e. The van der Waals surface area contributed by atoms with Gasteiger partial charge in [-0.3, -0.25) is 0 Å². The van der Waals surface area contributed by atoms with E-state index >= 15 is 0 Å². The molecule has 0 aromatic rings. The molecule has 2 atom stereocenters. The standard InChI is InChI=1S/C9H17N/c10-9-5-7-2-1-3-8(4-7)6-9/h7-9H,1-6,10H2/t7-,8-/m1/s1. The topological polar surface area (TPSA) is 26.0 Å². The Kier molecular flexibility index (Phi) is 1.69. The lowest BCUT2D eigenvalue weighted by Gasteiger charge is -2.37. The van der Waals surface area contributed by atoms with Crippen LogP contribution in [0.4, 0.5) is 0 Å². The highest BCUT2D eigenvalue weighted by Gasteiger charge is 2.29. The molecule has 0 saturated heterocycles. The second-order valence-electron chi connectivity index (χ2n) is 4.13. The van der Waals surface area contributed by atoms with E-state index in [1.165, 1.54) is 38.5 Å². The lowest BCUT2D eigenvalue weighted by atomic mass is 9.71. The van der Waals surface area contributed by atoms with Gasteiger partial charge in [0.05, 0.1) is 0 Å². The SMILES string of the molecule is NC1C[C@@H]2CCC[C@@H](C1)C2.